The lowest BCUT2D eigenvalue weighted by atomic mass is 9.77. The second-order valence-corrected chi connectivity index (χ2v) is 9.70. The van der Waals surface area contributed by atoms with Gasteiger partial charge in [0.05, 0.1) is 5.41 Å². The van der Waals surface area contributed by atoms with E-state index in [-0.39, 0.29) is 37.4 Å². The summed E-state index contributed by atoms with van der Waals surface area (Å²) in [5.41, 5.74) is 3.66. The number of fused-ring (bicyclic) bond motifs is 3. The maximum absolute atomic E-state index is 13.1. The maximum atomic E-state index is 13.1. The average molecular weight is 449 g/mol. The van der Waals surface area contributed by atoms with E-state index in [0.29, 0.717) is 0 Å². The predicted octanol–water partition coefficient (Wildman–Crippen LogP) is 3.63. The van der Waals surface area contributed by atoms with Gasteiger partial charge < -0.3 is 20.1 Å². The zero-order valence-electron chi connectivity index (χ0n) is 18.6. The summed E-state index contributed by atoms with van der Waals surface area (Å²) >= 11 is 0. The molecule has 1 atom stereocenters. The summed E-state index contributed by atoms with van der Waals surface area (Å²) < 4.78 is 5.63. The number of carboxylic acids is 1. The van der Waals surface area contributed by atoms with Gasteiger partial charge in [0.1, 0.15) is 12.6 Å². The first-order valence-electron chi connectivity index (χ1n) is 11.5. The minimum Gasteiger partial charge on any atom is -0.481 e. The van der Waals surface area contributed by atoms with Crippen molar-refractivity contribution in [3.8, 4) is 11.1 Å². The summed E-state index contributed by atoms with van der Waals surface area (Å²) in [7, 11) is 0. The van der Waals surface area contributed by atoms with Crippen molar-refractivity contribution >= 4 is 18.0 Å². The molecule has 2 aliphatic carbocycles. The minimum absolute atomic E-state index is 0.0485. The van der Waals surface area contributed by atoms with E-state index >= 15 is 0 Å². The Hall–Kier alpha value is -3.35. The Labute approximate surface area is 192 Å². The van der Waals surface area contributed by atoms with Crippen LogP contribution in [0.5, 0.6) is 0 Å². The minimum atomic E-state index is -0.913. The SMILES string of the molecule is CC1(C(=O)O)CN(C(=O)C(NC(=O)OCC2c3ccccc3-c3ccccc32)C2CCC2)C1. The summed E-state index contributed by atoms with van der Waals surface area (Å²) in [5, 5.41) is 12.1. The molecule has 7 nitrogen and oxygen atoms in total. The number of carbonyl (C=O) groups excluding carboxylic acids is 2. The first-order valence-corrected chi connectivity index (χ1v) is 11.5. The lowest BCUT2D eigenvalue weighted by Gasteiger charge is -2.47. The van der Waals surface area contributed by atoms with E-state index in [4.69, 9.17) is 4.74 Å². The van der Waals surface area contributed by atoms with Gasteiger partial charge in [-0.15, -0.1) is 0 Å². The van der Waals surface area contributed by atoms with Gasteiger partial charge in [-0.05, 0) is 47.9 Å². The van der Waals surface area contributed by atoms with E-state index in [1.807, 2.05) is 24.3 Å². The fraction of sp³-hybridized carbons (Fsp3) is 0.423. The number of carbonyl (C=O) groups is 3. The van der Waals surface area contributed by atoms with Gasteiger partial charge in [-0.3, -0.25) is 9.59 Å². The van der Waals surface area contributed by atoms with Crippen LogP contribution in [0.3, 0.4) is 0 Å². The largest absolute Gasteiger partial charge is 0.481 e. The molecule has 1 unspecified atom stereocenters. The van der Waals surface area contributed by atoms with Crippen LogP contribution >= 0.6 is 0 Å². The number of alkyl carbamates (subject to hydrolysis) is 1. The van der Waals surface area contributed by atoms with Crippen LogP contribution in [-0.2, 0) is 14.3 Å². The fourth-order valence-corrected chi connectivity index (χ4v) is 5.21. The summed E-state index contributed by atoms with van der Waals surface area (Å²) in [6, 6.07) is 15.6. The normalized spacial score (nSPS) is 19.5. The Morgan fingerprint density at radius 3 is 2.15 bits per heavy atom. The summed E-state index contributed by atoms with van der Waals surface area (Å²) in [5.74, 6) is -1.11. The van der Waals surface area contributed by atoms with Crippen LogP contribution in [0.4, 0.5) is 4.79 Å². The molecule has 33 heavy (non-hydrogen) atoms. The van der Waals surface area contributed by atoms with Gasteiger partial charge in [0.25, 0.3) is 0 Å². The Balaban J connectivity index is 1.24. The maximum Gasteiger partial charge on any atom is 0.407 e. The van der Waals surface area contributed by atoms with Crippen molar-refractivity contribution in [3.63, 3.8) is 0 Å². The van der Waals surface area contributed by atoms with Crippen LogP contribution in [0, 0.1) is 11.3 Å². The van der Waals surface area contributed by atoms with E-state index in [9.17, 15) is 19.5 Å². The lowest BCUT2D eigenvalue weighted by Crippen LogP contribution is -2.65. The molecule has 0 radical (unpaired) electrons. The zero-order valence-corrected chi connectivity index (χ0v) is 18.6. The van der Waals surface area contributed by atoms with E-state index in [2.05, 4.69) is 29.6 Å². The third kappa shape index (κ3) is 3.75. The van der Waals surface area contributed by atoms with E-state index in [1.165, 1.54) is 4.90 Å². The van der Waals surface area contributed by atoms with E-state index in [1.54, 1.807) is 6.92 Å². The number of hydrogen-bond donors (Lipinski definition) is 2. The molecule has 2 N–H and O–H groups in total. The monoisotopic (exact) mass is 448 g/mol. The van der Waals surface area contributed by atoms with Crippen LogP contribution < -0.4 is 5.32 Å². The number of hydrogen-bond acceptors (Lipinski definition) is 4. The van der Waals surface area contributed by atoms with Crippen LogP contribution in [-0.4, -0.2) is 53.7 Å². The molecule has 0 bridgehead atoms. The summed E-state index contributed by atoms with van der Waals surface area (Å²) in [6.45, 7) is 2.15. The van der Waals surface area contributed by atoms with E-state index in [0.717, 1.165) is 41.5 Å². The van der Waals surface area contributed by atoms with Gasteiger partial charge in [0, 0.05) is 19.0 Å². The van der Waals surface area contributed by atoms with E-state index < -0.39 is 23.5 Å². The highest BCUT2D eigenvalue weighted by molar-refractivity contribution is 5.89. The quantitative estimate of drug-likeness (QED) is 0.704. The molecule has 1 saturated heterocycles. The average Bonchev–Trinajstić information content (AvgIpc) is 3.07. The van der Waals surface area contributed by atoms with Crippen molar-refractivity contribution in [2.45, 2.75) is 38.1 Å². The topological polar surface area (TPSA) is 95.9 Å². The van der Waals surface area contributed by atoms with Gasteiger partial charge in [-0.1, -0.05) is 55.0 Å². The van der Waals surface area contributed by atoms with Crippen molar-refractivity contribution in [3.05, 3.63) is 59.7 Å². The van der Waals surface area contributed by atoms with Crippen LogP contribution in [0.15, 0.2) is 48.5 Å². The number of likely N-dealkylation sites (tertiary alicyclic amines) is 1. The smallest absolute Gasteiger partial charge is 0.407 e. The van der Waals surface area contributed by atoms with Gasteiger partial charge in [0.2, 0.25) is 5.91 Å². The first-order chi connectivity index (χ1) is 15.9. The fourth-order valence-electron chi connectivity index (χ4n) is 5.21. The predicted molar refractivity (Wildman–Crippen MR) is 122 cm³/mol. The molecule has 2 aromatic rings. The molecular weight excluding hydrogens is 420 g/mol. The molecule has 2 amide bonds. The highest BCUT2D eigenvalue weighted by Crippen LogP contribution is 2.44. The highest BCUT2D eigenvalue weighted by atomic mass is 16.5. The molecule has 3 aliphatic rings. The lowest BCUT2D eigenvalue weighted by molar-refractivity contribution is -0.165. The molecule has 1 saturated carbocycles. The van der Waals surface area contributed by atoms with Crippen LogP contribution in [0.1, 0.15) is 43.2 Å². The summed E-state index contributed by atoms with van der Waals surface area (Å²) in [6.07, 6.45) is 2.14. The molecule has 0 aromatic heterocycles. The van der Waals surface area contributed by atoms with Crippen LogP contribution in [0.25, 0.3) is 11.1 Å². The highest BCUT2D eigenvalue weighted by Gasteiger charge is 2.50. The number of ether oxygens (including phenoxy) is 1. The zero-order chi connectivity index (χ0) is 23.2. The van der Waals surface area contributed by atoms with Crippen molar-refractivity contribution in [2.75, 3.05) is 19.7 Å². The van der Waals surface area contributed by atoms with Crippen LogP contribution in [0.2, 0.25) is 0 Å². The number of benzene rings is 2. The van der Waals surface area contributed by atoms with Gasteiger partial charge in [-0.2, -0.15) is 0 Å². The Morgan fingerprint density at radius 1 is 1.06 bits per heavy atom. The third-order valence-corrected chi connectivity index (χ3v) is 7.41. The number of nitrogens with zero attached hydrogens (tertiary/aromatic N) is 1. The second kappa shape index (κ2) is 8.21. The standard InChI is InChI=1S/C26H28N2O5/c1-26(24(30)31)14-28(15-26)23(29)22(16-7-6-8-16)27-25(32)33-13-21-19-11-4-2-9-17(19)18-10-3-5-12-20(18)21/h2-5,9-12,16,21-22H,6-8,13-15H2,1H3,(H,27,32)(H,30,31). The van der Waals surface area contributed by atoms with Crippen molar-refractivity contribution in [1.82, 2.24) is 10.2 Å². The summed E-state index contributed by atoms with van der Waals surface area (Å²) in [4.78, 5) is 38.7. The van der Waals surface area contributed by atoms with Crippen molar-refractivity contribution in [1.29, 1.82) is 0 Å². The molecule has 2 aromatic carbocycles. The third-order valence-electron chi connectivity index (χ3n) is 7.41. The molecular formula is C26H28N2O5. The Bertz CT molecular complexity index is 1060. The Kier molecular flexibility index (Phi) is 5.35. The molecule has 1 heterocycles. The molecule has 172 valence electrons. The van der Waals surface area contributed by atoms with Gasteiger partial charge in [-0.25, -0.2) is 4.79 Å². The van der Waals surface area contributed by atoms with Gasteiger partial charge in [0.15, 0.2) is 0 Å². The molecule has 1 aliphatic heterocycles. The number of amides is 2. The van der Waals surface area contributed by atoms with Gasteiger partial charge >= 0.3 is 12.1 Å². The molecule has 0 spiro atoms. The number of aliphatic carboxylic acids is 1. The van der Waals surface area contributed by atoms with Crippen molar-refractivity contribution in [2.24, 2.45) is 11.3 Å². The first kappa shape index (κ1) is 21.5. The second-order valence-electron chi connectivity index (χ2n) is 9.70. The molecule has 7 heteroatoms. The molecule has 5 rings (SSSR count). The molecule has 2 fully saturated rings. The number of carboxylic acid groups (broad SMARTS) is 1. The number of nitrogens with one attached hydrogen (secondary N) is 1. The van der Waals surface area contributed by atoms with Crippen molar-refractivity contribution < 1.29 is 24.2 Å². The Morgan fingerprint density at radius 2 is 1.64 bits per heavy atom. The number of rotatable bonds is 6.